The number of anilines is 1. The van der Waals surface area contributed by atoms with Gasteiger partial charge in [0.1, 0.15) is 10.8 Å². The maximum atomic E-state index is 12.8. The lowest BCUT2D eigenvalue weighted by Crippen LogP contribution is -2.45. The summed E-state index contributed by atoms with van der Waals surface area (Å²) in [5.74, 6) is 0.983. The molecule has 0 N–H and O–H groups in total. The summed E-state index contributed by atoms with van der Waals surface area (Å²) in [5, 5.41) is 0.770. The van der Waals surface area contributed by atoms with Crippen molar-refractivity contribution in [2.45, 2.75) is 19.8 Å². The van der Waals surface area contributed by atoms with Crippen molar-refractivity contribution in [2.24, 2.45) is 10.9 Å². The van der Waals surface area contributed by atoms with Crippen LogP contribution in [0.3, 0.4) is 0 Å². The number of para-hydroxylation sites is 1. The van der Waals surface area contributed by atoms with Crippen molar-refractivity contribution in [3.63, 3.8) is 0 Å². The van der Waals surface area contributed by atoms with Crippen molar-refractivity contribution in [2.75, 3.05) is 11.4 Å². The van der Waals surface area contributed by atoms with E-state index in [0.717, 1.165) is 47.2 Å². The topological polar surface area (TPSA) is 45.6 Å². The van der Waals surface area contributed by atoms with Gasteiger partial charge < -0.3 is 4.90 Å². The number of ketones is 1. The van der Waals surface area contributed by atoms with Crippen LogP contribution in [0.5, 0.6) is 0 Å². The molecule has 2 aromatic rings. The number of benzene rings is 1. The van der Waals surface area contributed by atoms with Gasteiger partial charge in [-0.2, -0.15) is 4.37 Å². The van der Waals surface area contributed by atoms with Gasteiger partial charge >= 0.3 is 0 Å². The Hall–Kier alpha value is -2.01. The summed E-state index contributed by atoms with van der Waals surface area (Å²) in [7, 11) is 0. The van der Waals surface area contributed by atoms with E-state index in [1.807, 2.05) is 25.1 Å². The molecule has 0 saturated carbocycles. The molecule has 1 saturated heterocycles. The number of carbonyl (C=O) groups is 1. The van der Waals surface area contributed by atoms with E-state index < -0.39 is 0 Å². The fourth-order valence-corrected chi connectivity index (χ4v) is 3.93. The minimum absolute atomic E-state index is 0.110. The third-order valence-corrected chi connectivity index (χ3v) is 4.99. The molecule has 1 fully saturated rings. The first kappa shape index (κ1) is 12.7. The van der Waals surface area contributed by atoms with E-state index in [-0.39, 0.29) is 11.7 Å². The van der Waals surface area contributed by atoms with Crippen molar-refractivity contribution >= 4 is 33.8 Å². The van der Waals surface area contributed by atoms with Gasteiger partial charge in [-0.1, -0.05) is 18.2 Å². The van der Waals surface area contributed by atoms with E-state index in [1.54, 1.807) is 0 Å². The molecular formula is C16H15N3OS. The highest BCUT2D eigenvalue weighted by Gasteiger charge is 2.39. The minimum Gasteiger partial charge on any atom is -0.329 e. The monoisotopic (exact) mass is 297 g/mol. The summed E-state index contributed by atoms with van der Waals surface area (Å²) in [5.41, 5.74) is 2.67. The number of hydrogen-bond donors (Lipinski definition) is 0. The summed E-state index contributed by atoms with van der Waals surface area (Å²) in [6.07, 6.45) is 1.89. The Balaban J connectivity index is 1.84. The Kier molecular flexibility index (Phi) is 2.89. The lowest BCUT2D eigenvalue weighted by Gasteiger charge is -2.36. The molecule has 0 aliphatic carbocycles. The highest BCUT2D eigenvalue weighted by atomic mass is 32.1. The van der Waals surface area contributed by atoms with E-state index in [2.05, 4.69) is 21.4 Å². The first-order valence-electron chi connectivity index (χ1n) is 7.17. The van der Waals surface area contributed by atoms with Crippen LogP contribution >= 0.6 is 11.5 Å². The van der Waals surface area contributed by atoms with Crippen molar-refractivity contribution < 1.29 is 4.79 Å². The van der Waals surface area contributed by atoms with E-state index in [0.29, 0.717) is 0 Å². The van der Waals surface area contributed by atoms with Gasteiger partial charge in [0.05, 0.1) is 17.2 Å². The van der Waals surface area contributed by atoms with Gasteiger partial charge in [0.15, 0.2) is 5.78 Å². The summed E-state index contributed by atoms with van der Waals surface area (Å²) in [6, 6.07) is 10.2. The summed E-state index contributed by atoms with van der Waals surface area (Å²) in [4.78, 5) is 19.7. The Morgan fingerprint density at radius 1 is 1.29 bits per heavy atom. The highest BCUT2D eigenvalue weighted by Crippen LogP contribution is 2.39. The zero-order valence-electron chi connectivity index (χ0n) is 11.7. The molecule has 0 spiro atoms. The highest BCUT2D eigenvalue weighted by molar-refractivity contribution is 7.10. The Morgan fingerprint density at radius 3 is 2.90 bits per heavy atom. The molecule has 0 amide bonds. The number of rotatable bonds is 1. The number of carbonyl (C=O) groups excluding carboxylic acids is 1. The number of aliphatic imine (C=N–C) groups is 1. The molecule has 0 radical (unpaired) electrons. The number of piperidine rings is 1. The number of aromatic nitrogens is 1. The minimum atomic E-state index is -0.110. The maximum Gasteiger partial charge on any atom is 0.178 e. The largest absolute Gasteiger partial charge is 0.329 e. The van der Waals surface area contributed by atoms with Crippen LogP contribution in [0.4, 0.5) is 10.7 Å². The van der Waals surface area contributed by atoms with Crippen molar-refractivity contribution in [1.82, 2.24) is 4.37 Å². The third-order valence-electron chi connectivity index (χ3n) is 4.15. The number of fused-ring (bicyclic) bond motifs is 2. The van der Waals surface area contributed by atoms with Gasteiger partial charge in [-0.05, 0) is 43.4 Å². The molecule has 2 aliphatic rings. The molecule has 21 heavy (non-hydrogen) atoms. The molecule has 0 bridgehead atoms. The van der Waals surface area contributed by atoms with E-state index in [1.165, 1.54) is 11.5 Å². The van der Waals surface area contributed by atoms with Crippen LogP contribution in [0.2, 0.25) is 0 Å². The molecule has 1 aromatic carbocycles. The summed E-state index contributed by atoms with van der Waals surface area (Å²) in [6.45, 7) is 2.81. The molecule has 4 nitrogen and oxygen atoms in total. The molecule has 1 atom stereocenters. The Labute approximate surface area is 127 Å². The second-order valence-corrected chi connectivity index (χ2v) is 6.22. The quantitative estimate of drug-likeness (QED) is 0.808. The number of aryl methyl sites for hydroxylation is 1. The second-order valence-electron chi connectivity index (χ2n) is 5.46. The maximum absolute atomic E-state index is 12.8. The molecular weight excluding hydrogens is 282 g/mol. The van der Waals surface area contributed by atoms with Crippen LogP contribution in [-0.2, 0) is 0 Å². The SMILES string of the molecule is Cc1nsc2c1C(=O)C1CCCN(c3ccccc3)C1=N2. The van der Waals surface area contributed by atoms with Gasteiger partial charge in [-0.3, -0.25) is 4.79 Å². The molecule has 106 valence electrons. The number of nitrogens with zero attached hydrogens (tertiary/aromatic N) is 3. The van der Waals surface area contributed by atoms with Crippen LogP contribution in [-0.4, -0.2) is 22.5 Å². The number of hydrogen-bond acceptors (Lipinski definition) is 5. The smallest absolute Gasteiger partial charge is 0.178 e. The normalized spacial score (nSPS) is 20.8. The van der Waals surface area contributed by atoms with Crippen LogP contribution in [0.15, 0.2) is 35.3 Å². The van der Waals surface area contributed by atoms with Gasteiger partial charge in [0.25, 0.3) is 0 Å². The Morgan fingerprint density at radius 2 is 2.10 bits per heavy atom. The van der Waals surface area contributed by atoms with Crippen molar-refractivity contribution in [3.8, 4) is 0 Å². The van der Waals surface area contributed by atoms with Crippen LogP contribution in [0.25, 0.3) is 0 Å². The second kappa shape index (κ2) is 4.77. The first-order chi connectivity index (χ1) is 10.3. The van der Waals surface area contributed by atoms with Crippen LogP contribution < -0.4 is 4.90 Å². The van der Waals surface area contributed by atoms with Gasteiger partial charge in [-0.25, -0.2) is 4.99 Å². The molecule has 4 rings (SSSR count). The van der Waals surface area contributed by atoms with Crippen molar-refractivity contribution in [3.05, 3.63) is 41.6 Å². The molecule has 1 aromatic heterocycles. The Bertz CT molecular complexity index is 735. The van der Waals surface area contributed by atoms with Gasteiger partial charge in [-0.15, -0.1) is 0 Å². The molecule has 5 heteroatoms. The lowest BCUT2D eigenvalue weighted by molar-refractivity contribution is 0.0943. The van der Waals surface area contributed by atoms with Crippen molar-refractivity contribution in [1.29, 1.82) is 0 Å². The summed E-state index contributed by atoms with van der Waals surface area (Å²) >= 11 is 1.32. The molecule has 2 aliphatic heterocycles. The average molecular weight is 297 g/mol. The van der Waals surface area contributed by atoms with Gasteiger partial charge in [0, 0.05) is 12.2 Å². The van der Waals surface area contributed by atoms with E-state index in [9.17, 15) is 4.79 Å². The predicted octanol–water partition coefficient (Wildman–Crippen LogP) is 3.59. The fraction of sp³-hybridized carbons (Fsp3) is 0.312. The fourth-order valence-electron chi connectivity index (χ4n) is 3.14. The standard InChI is InChI=1S/C16H15N3OS/c1-10-13-14(20)12-8-5-9-19(11-6-3-2-4-7-11)15(12)17-16(13)21-18-10/h2-4,6-7,12H,5,8-9H2,1H3. The number of amidine groups is 1. The predicted molar refractivity (Wildman–Crippen MR) is 84.8 cm³/mol. The third kappa shape index (κ3) is 1.92. The average Bonchev–Trinajstić information content (AvgIpc) is 2.89. The molecule has 1 unspecified atom stereocenters. The lowest BCUT2D eigenvalue weighted by atomic mass is 9.86. The van der Waals surface area contributed by atoms with E-state index >= 15 is 0 Å². The zero-order chi connectivity index (χ0) is 14.4. The van der Waals surface area contributed by atoms with Crippen LogP contribution in [0, 0.1) is 12.8 Å². The van der Waals surface area contributed by atoms with Crippen LogP contribution in [0.1, 0.15) is 28.9 Å². The van der Waals surface area contributed by atoms with E-state index in [4.69, 9.17) is 4.99 Å². The number of Topliss-reactive ketones (excluding diaryl/α,β-unsaturated/α-hetero) is 1. The summed E-state index contributed by atoms with van der Waals surface area (Å²) < 4.78 is 4.30. The molecule has 3 heterocycles. The van der Waals surface area contributed by atoms with Gasteiger partial charge in [0.2, 0.25) is 0 Å². The first-order valence-corrected chi connectivity index (χ1v) is 7.94. The zero-order valence-corrected chi connectivity index (χ0v) is 12.6.